The fourth-order valence-electron chi connectivity index (χ4n) is 2.32. The zero-order chi connectivity index (χ0) is 11.3. The van der Waals surface area contributed by atoms with E-state index >= 15 is 0 Å². The Morgan fingerprint density at radius 2 is 2.38 bits per heavy atom. The Morgan fingerprint density at radius 3 is 3.19 bits per heavy atom. The number of aryl methyl sites for hydroxylation is 1. The predicted octanol–water partition coefficient (Wildman–Crippen LogP) is -0.379. The van der Waals surface area contributed by atoms with Gasteiger partial charge in [0.15, 0.2) is 0 Å². The van der Waals surface area contributed by atoms with Crippen molar-refractivity contribution in [3.8, 4) is 0 Å². The van der Waals surface area contributed by atoms with Crippen LogP contribution in [0.1, 0.15) is 11.3 Å². The summed E-state index contributed by atoms with van der Waals surface area (Å²) in [6, 6.07) is 2.01. The Hall–Kier alpha value is -1.43. The highest BCUT2D eigenvalue weighted by Gasteiger charge is 2.32. The average molecular weight is 218 g/mol. The standard InChI is InChI=1S/C11H14N4O/c1-15-5-4-6-8(15)3-2-7-9(6)13-11(16)14-10(7)12/h2-5,7,10-11,14,16H,12H2,1H3. The predicted molar refractivity (Wildman–Crippen MR) is 61.6 cm³/mol. The maximum absolute atomic E-state index is 9.54. The topological polar surface area (TPSA) is 75.6 Å². The molecule has 1 aliphatic heterocycles. The van der Waals surface area contributed by atoms with Gasteiger partial charge in [-0.05, 0) is 12.1 Å². The Labute approximate surface area is 93.3 Å². The monoisotopic (exact) mass is 218 g/mol. The molecule has 0 radical (unpaired) electrons. The van der Waals surface area contributed by atoms with E-state index in [0.29, 0.717) is 0 Å². The van der Waals surface area contributed by atoms with Gasteiger partial charge < -0.3 is 15.4 Å². The molecule has 2 heterocycles. The van der Waals surface area contributed by atoms with Crippen LogP contribution in [0.15, 0.2) is 23.3 Å². The van der Waals surface area contributed by atoms with Gasteiger partial charge in [-0.3, -0.25) is 5.32 Å². The summed E-state index contributed by atoms with van der Waals surface area (Å²) in [7, 11) is 1.99. The first kappa shape index (κ1) is 9.77. The van der Waals surface area contributed by atoms with Crippen molar-refractivity contribution >= 4 is 11.8 Å². The Kier molecular flexibility index (Phi) is 2.00. The van der Waals surface area contributed by atoms with Crippen molar-refractivity contribution in [1.82, 2.24) is 9.88 Å². The Balaban J connectivity index is 2.15. The number of fused-ring (bicyclic) bond motifs is 3. The maximum Gasteiger partial charge on any atom is 0.203 e. The Morgan fingerprint density at radius 1 is 1.56 bits per heavy atom. The van der Waals surface area contributed by atoms with Crippen molar-refractivity contribution in [2.24, 2.45) is 23.7 Å². The zero-order valence-electron chi connectivity index (χ0n) is 8.96. The van der Waals surface area contributed by atoms with Gasteiger partial charge in [-0.15, -0.1) is 0 Å². The minimum absolute atomic E-state index is 0.0401. The second kappa shape index (κ2) is 3.28. The van der Waals surface area contributed by atoms with Crippen LogP contribution >= 0.6 is 0 Å². The molecule has 3 rings (SSSR count). The lowest BCUT2D eigenvalue weighted by atomic mass is 9.88. The van der Waals surface area contributed by atoms with Crippen LogP contribution < -0.4 is 11.1 Å². The van der Waals surface area contributed by atoms with Gasteiger partial charge in [0.2, 0.25) is 6.35 Å². The summed E-state index contributed by atoms with van der Waals surface area (Å²) in [6.07, 6.45) is 4.89. The quantitative estimate of drug-likeness (QED) is 0.555. The van der Waals surface area contributed by atoms with Crippen LogP contribution in [0.25, 0.3) is 6.08 Å². The third kappa shape index (κ3) is 1.26. The van der Waals surface area contributed by atoms with Crippen LogP contribution in [0.4, 0.5) is 0 Å². The first-order valence-corrected chi connectivity index (χ1v) is 5.28. The summed E-state index contributed by atoms with van der Waals surface area (Å²) in [4.78, 5) is 4.23. The molecule has 0 amide bonds. The highest BCUT2D eigenvalue weighted by molar-refractivity contribution is 6.08. The van der Waals surface area contributed by atoms with Gasteiger partial charge in [0.1, 0.15) is 0 Å². The number of nitrogens with one attached hydrogen (secondary N) is 1. The molecule has 3 unspecified atom stereocenters. The van der Waals surface area contributed by atoms with E-state index in [4.69, 9.17) is 5.73 Å². The van der Waals surface area contributed by atoms with E-state index in [1.807, 2.05) is 30.0 Å². The number of aliphatic hydroxyl groups excluding tert-OH is 1. The van der Waals surface area contributed by atoms with E-state index < -0.39 is 6.35 Å². The van der Waals surface area contributed by atoms with E-state index in [0.717, 1.165) is 17.0 Å². The third-order valence-electron chi connectivity index (χ3n) is 3.16. The molecule has 0 fully saturated rings. The first-order valence-electron chi connectivity index (χ1n) is 5.28. The lowest BCUT2D eigenvalue weighted by molar-refractivity contribution is 0.119. The largest absolute Gasteiger partial charge is 0.360 e. The molecule has 4 N–H and O–H groups in total. The molecule has 1 aromatic heterocycles. The van der Waals surface area contributed by atoms with Gasteiger partial charge in [0.25, 0.3) is 0 Å². The molecule has 3 atom stereocenters. The van der Waals surface area contributed by atoms with E-state index in [2.05, 4.69) is 16.4 Å². The van der Waals surface area contributed by atoms with Crippen LogP contribution in [0, 0.1) is 5.92 Å². The molecule has 16 heavy (non-hydrogen) atoms. The fourth-order valence-corrected chi connectivity index (χ4v) is 2.32. The molecule has 1 aromatic rings. The number of aromatic nitrogens is 1. The zero-order valence-corrected chi connectivity index (χ0v) is 8.96. The number of hydrogen-bond acceptors (Lipinski definition) is 4. The second-order valence-electron chi connectivity index (χ2n) is 4.19. The molecule has 0 spiro atoms. The molecular formula is C11H14N4O. The van der Waals surface area contributed by atoms with Crippen molar-refractivity contribution in [2.45, 2.75) is 12.5 Å². The van der Waals surface area contributed by atoms with Crippen molar-refractivity contribution in [3.05, 3.63) is 29.6 Å². The smallest absolute Gasteiger partial charge is 0.203 e. The maximum atomic E-state index is 9.54. The molecule has 5 nitrogen and oxygen atoms in total. The van der Waals surface area contributed by atoms with Crippen LogP contribution in [0.3, 0.4) is 0 Å². The van der Waals surface area contributed by atoms with E-state index in [1.165, 1.54) is 0 Å². The number of rotatable bonds is 0. The lowest BCUT2D eigenvalue weighted by Crippen LogP contribution is -2.54. The third-order valence-corrected chi connectivity index (χ3v) is 3.16. The van der Waals surface area contributed by atoms with Crippen molar-refractivity contribution in [1.29, 1.82) is 0 Å². The molecule has 5 heteroatoms. The highest BCUT2D eigenvalue weighted by atomic mass is 16.3. The van der Waals surface area contributed by atoms with E-state index in [1.54, 1.807) is 0 Å². The van der Waals surface area contributed by atoms with Crippen LogP contribution in [-0.2, 0) is 7.05 Å². The van der Waals surface area contributed by atoms with Gasteiger partial charge in [-0.2, -0.15) is 0 Å². The normalized spacial score (nSPS) is 31.9. The first-order chi connectivity index (χ1) is 7.66. The van der Waals surface area contributed by atoms with Gasteiger partial charge in [-0.1, -0.05) is 6.08 Å². The average Bonchev–Trinajstić information content (AvgIpc) is 2.60. The molecule has 0 aromatic carbocycles. The summed E-state index contributed by atoms with van der Waals surface area (Å²) in [5, 5.41) is 12.3. The SMILES string of the molecule is Cn1ccc2c1C=CC1C2=NC(O)NC1N. The summed E-state index contributed by atoms with van der Waals surface area (Å²) >= 11 is 0. The molecule has 2 aliphatic rings. The highest BCUT2D eigenvalue weighted by Crippen LogP contribution is 2.27. The minimum atomic E-state index is -0.902. The molecular weight excluding hydrogens is 204 g/mol. The van der Waals surface area contributed by atoms with E-state index in [9.17, 15) is 5.11 Å². The number of hydrogen-bond donors (Lipinski definition) is 3. The summed E-state index contributed by atoms with van der Waals surface area (Å²) in [6.45, 7) is 0. The van der Waals surface area contributed by atoms with Gasteiger partial charge in [0.05, 0.1) is 11.9 Å². The fraction of sp³-hybridized carbons (Fsp3) is 0.364. The summed E-state index contributed by atoms with van der Waals surface area (Å²) in [5.74, 6) is 0.0401. The van der Waals surface area contributed by atoms with Gasteiger partial charge in [-0.25, -0.2) is 4.99 Å². The van der Waals surface area contributed by atoms with Crippen molar-refractivity contribution in [2.75, 3.05) is 0 Å². The van der Waals surface area contributed by atoms with E-state index in [-0.39, 0.29) is 12.1 Å². The number of aliphatic imine (C=N–C) groups is 1. The van der Waals surface area contributed by atoms with Crippen LogP contribution in [0.5, 0.6) is 0 Å². The van der Waals surface area contributed by atoms with Gasteiger partial charge >= 0.3 is 0 Å². The summed E-state index contributed by atoms with van der Waals surface area (Å²) < 4.78 is 2.03. The molecule has 1 aliphatic carbocycles. The minimum Gasteiger partial charge on any atom is -0.360 e. The van der Waals surface area contributed by atoms with Crippen LogP contribution in [-0.4, -0.2) is 27.9 Å². The van der Waals surface area contributed by atoms with Crippen molar-refractivity contribution < 1.29 is 5.11 Å². The second-order valence-corrected chi connectivity index (χ2v) is 4.19. The Bertz CT molecular complexity index is 488. The number of nitrogens with zero attached hydrogens (tertiary/aromatic N) is 2. The lowest BCUT2D eigenvalue weighted by Gasteiger charge is -2.32. The molecule has 0 bridgehead atoms. The molecule has 0 saturated carbocycles. The number of nitrogens with two attached hydrogens (primary N) is 1. The van der Waals surface area contributed by atoms with Crippen LogP contribution in [0.2, 0.25) is 0 Å². The number of aliphatic hydroxyl groups is 1. The molecule has 84 valence electrons. The summed E-state index contributed by atoms with van der Waals surface area (Å²) in [5.41, 5.74) is 8.97. The molecule has 0 saturated heterocycles. The van der Waals surface area contributed by atoms with Gasteiger partial charge in [0, 0.05) is 30.4 Å². The van der Waals surface area contributed by atoms with Crippen molar-refractivity contribution in [3.63, 3.8) is 0 Å².